The molecule has 0 saturated heterocycles. The molecule has 4 nitrogen and oxygen atoms in total. The van der Waals surface area contributed by atoms with Crippen molar-refractivity contribution in [1.29, 1.82) is 0 Å². The van der Waals surface area contributed by atoms with Crippen LogP contribution in [-0.2, 0) is 14.3 Å². The number of carbonyl (C=O) groups excluding carboxylic acids is 1. The van der Waals surface area contributed by atoms with E-state index < -0.39 is 11.9 Å². The molecule has 0 saturated carbocycles. The van der Waals surface area contributed by atoms with Gasteiger partial charge < -0.3 is 9.84 Å². The summed E-state index contributed by atoms with van der Waals surface area (Å²) in [5.41, 5.74) is 0. The zero-order chi connectivity index (χ0) is 15.1. The van der Waals surface area contributed by atoms with Crippen LogP contribution < -0.4 is 0 Å². The fraction of sp³-hybridized carbons (Fsp3) is 0.750. The second-order valence-electron chi connectivity index (χ2n) is 5.02. The van der Waals surface area contributed by atoms with Crippen LogP contribution in [0.1, 0.15) is 71.1 Å². The second kappa shape index (κ2) is 18.2. The van der Waals surface area contributed by atoms with Crippen LogP contribution >= 0.6 is 0 Å². The molecular weight excluding hydrogens is 344 g/mol. The van der Waals surface area contributed by atoms with Gasteiger partial charge in [-0.05, 0) is 6.42 Å². The van der Waals surface area contributed by atoms with Gasteiger partial charge in [0, 0.05) is 12.2 Å². The number of esters is 1. The summed E-state index contributed by atoms with van der Waals surface area (Å²) >= 11 is 0. The van der Waals surface area contributed by atoms with Gasteiger partial charge in [-0.3, -0.25) is 0 Å². The first-order valence-corrected chi connectivity index (χ1v) is 7.74. The quantitative estimate of drug-likeness (QED) is 0.233. The molecule has 0 aromatic heterocycles. The van der Waals surface area contributed by atoms with Crippen LogP contribution in [0.4, 0.5) is 0 Å². The van der Waals surface area contributed by atoms with Gasteiger partial charge in [-0.1, -0.05) is 64.7 Å². The summed E-state index contributed by atoms with van der Waals surface area (Å²) in [6, 6.07) is 0. The first-order chi connectivity index (χ1) is 9.66. The summed E-state index contributed by atoms with van der Waals surface area (Å²) < 4.78 is 4.88. The van der Waals surface area contributed by atoms with E-state index in [0.717, 1.165) is 25.0 Å². The number of carboxylic acid groups (broad SMARTS) is 1. The zero-order valence-corrected chi connectivity index (χ0v) is 12.6. The summed E-state index contributed by atoms with van der Waals surface area (Å²) in [6.07, 6.45) is 14.0. The van der Waals surface area contributed by atoms with Crippen molar-refractivity contribution >= 4 is 57.4 Å². The summed E-state index contributed by atoms with van der Waals surface area (Å²) in [5, 5.41) is 8.33. The molecular formula is C16H30O4Sr. The Morgan fingerprint density at radius 1 is 0.857 bits per heavy atom. The zero-order valence-electron chi connectivity index (χ0n) is 12.6. The third kappa shape index (κ3) is 20.2. The van der Waals surface area contributed by atoms with E-state index in [1.54, 1.807) is 0 Å². The maximum atomic E-state index is 11.0. The van der Waals surface area contributed by atoms with Crippen LogP contribution in [0, 0.1) is 0 Å². The van der Waals surface area contributed by atoms with Crippen molar-refractivity contribution in [2.75, 3.05) is 6.61 Å². The Kier molecular flexibility index (Phi) is 20.3. The van der Waals surface area contributed by atoms with E-state index in [-0.39, 0.29) is 45.5 Å². The Labute approximate surface area is 165 Å². The third-order valence-electron chi connectivity index (χ3n) is 3.10. The van der Waals surface area contributed by atoms with Crippen molar-refractivity contribution in [2.24, 2.45) is 0 Å². The average Bonchev–Trinajstić information content (AvgIpc) is 2.42. The van der Waals surface area contributed by atoms with E-state index in [1.807, 2.05) is 0 Å². The van der Waals surface area contributed by atoms with Gasteiger partial charge in [0.2, 0.25) is 0 Å². The van der Waals surface area contributed by atoms with Crippen LogP contribution in [-0.4, -0.2) is 69.1 Å². The van der Waals surface area contributed by atoms with Gasteiger partial charge in [-0.25, -0.2) is 9.59 Å². The molecule has 0 rings (SSSR count). The number of aliphatic carboxylic acids is 1. The molecule has 0 fully saturated rings. The molecule has 120 valence electrons. The van der Waals surface area contributed by atoms with Crippen LogP contribution in [0.5, 0.6) is 0 Å². The minimum absolute atomic E-state index is 0. The molecule has 0 aromatic rings. The number of hydrogen-bond acceptors (Lipinski definition) is 3. The van der Waals surface area contributed by atoms with Crippen molar-refractivity contribution in [3.05, 3.63) is 12.2 Å². The monoisotopic (exact) mass is 374 g/mol. The van der Waals surface area contributed by atoms with Gasteiger partial charge in [0.1, 0.15) is 0 Å². The van der Waals surface area contributed by atoms with Crippen LogP contribution in [0.3, 0.4) is 0 Å². The maximum absolute atomic E-state index is 11.0. The summed E-state index contributed by atoms with van der Waals surface area (Å²) in [4.78, 5) is 21.2. The molecule has 0 aromatic carbocycles. The topological polar surface area (TPSA) is 63.6 Å². The van der Waals surface area contributed by atoms with Crippen molar-refractivity contribution in [3.63, 3.8) is 0 Å². The molecule has 0 spiro atoms. The molecule has 1 N–H and O–H groups in total. The molecule has 0 unspecified atom stereocenters. The van der Waals surface area contributed by atoms with E-state index in [4.69, 9.17) is 9.84 Å². The van der Waals surface area contributed by atoms with Crippen molar-refractivity contribution < 1.29 is 19.4 Å². The Morgan fingerprint density at radius 2 is 1.33 bits per heavy atom. The average molecular weight is 374 g/mol. The molecule has 0 atom stereocenters. The number of hydrogen-bond donors (Lipinski definition) is 1. The fourth-order valence-electron chi connectivity index (χ4n) is 1.95. The molecule has 0 aliphatic heterocycles. The molecule has 0 bridgehead atoms. The van der Waals surface area contributed by atoms with Crippen molar-refractivity contribution in [2.45, 2.75) is 71.1 Å². The molecule has 0 radical (unpaired) electrons. The normalized spacial score (nSPS) is 10.3. The molecule has 0 amide bonds. The molecule has 21 heavy (non-hydrogen) atoms. The van der Waals surface area contributed by atoms with E-state index >= 15 is 0 Å². The first kappa shape index (κ1) is 23.4. The van der Waals surface area contributed by atoms with E-state index in [1.165, 1.54) is 51.4 Å². The standard InChI is InChI=1S/C16H28O4.Sr.2H/c1-2-3-4-5-6-7-8-9-10-11-14-20-16(19)13-12-15(17)18;;;/h12-13H,2-11,14H2,1H3,(H,17,18);;;/b13-12-;;;. The van der Waals surface area contributed by atoms with Gasteiger partial charge in [-0.15, -0.1) is 0 Å². The number of unbranched alkanes of at least 4 members (excludes halogenated alkanes) is 9. The number of carboxylic acids is 1. The molecule has 0 heterocycles. The third-order valence-corrected chi connectivity index (χ3v) is 3.10. The van der Waals surface area contributed by atoms with Gasteiger partial charge >= 0.3 is 57.4 Å². The van der Waals surface area contributed by atoms with E-state index in [0.29, 0.717) is 6.61 Å². The SMILES string of the molecule is CCCCCCCCCCCCOC(=O)/C=C\C(=O)O.[SrH2]. The predicted octanol–water partition coefficient (Wildman–Crippen LogP) is 3.18. The Hall–Kier alpha value is 0.161. The summed E-state index contributed by atoms with van der Waals surface area (Å²) in [5.74, 6) is -1.72. The summed E-state index contributed by atoms with van der Waals surface area (Å²) in [6.45, 7) is 2.60. The van der Waals surface area contributed by atoms with Gasteiger partial charge in [0.05, 0.1) is 6.61 Å². The van der Waals surface area contributed by atoms with E-state index in [9.17, 15) is 9.59 Å². The van der Waals surface area contributed by atoms with Crippen molar-refractivity contribution in [1.82, 2.24) is 0 Å². The molecule has 5 heteroatoms. The minimum atomic E-state index is -1.14. The van der Waals surface area contributed by atoms with E-state index in [2.05, 4.69) is 6.92 Å². The van der Waals surface area contributed by atoms with Crippen LogP contribution in [0.2, 0.25) is 0 Å². The number of rotatable bonds is 13. The Bertz CT molecular complexity index is 290. The first-order valence-electron chi connectivity index (χ1n) is 7.74. The van der Waals surface area contributed by atoms with Gasteiger partial charge in [0.25, 0.3) is 0 Å². The fourth-order valence-corrected chi connectivity index (χ4v) is 1.95. The van der Waals surface area contributed by atoms with Gasteiger partial charge in [-0.2, -0.15) is 0 Å². The predicted molar refractivity (Wildman–Crippen MR) is 88.1 cm³/mol. The van der Waals surface area contributed by atoms with Crippen LogP contribution in [0.15, 0.2) is 12.2 Å². The Morgan fingerprint density at radius 3 is 1.81 bits per heavy atom. The summed E-state index contributed by atoms with van der Waals surface area (Å²) in [7, 11) is 0. The van der Waals surface area contributed by atoms with Crippen molar-refractivity contribution in [3.8, 4) is 0 Å². The molecule has 0 aliphatic rings. The van der Waals surface area contributed by atoms with Gasteiger partial charge in [0.15, 0.2) is 0 Å². The molecule has 0 aliphatic carbocycles. The van der Waals surface area contributed by atoms with Crippen LogP contribution in [0.25, 0.3) is 0 Å². The number of ether oxygens (including phenoxy) is 1. The second-order valence-corrected chi connectivity index (χ2v) is 5.02. The number of carbonyl (C=O) groups is 2. The Balaban J connectivity index is 0.